The number of imidazole rings is 1. The van der Waals surface area contributed by atoms with E-state index in [2.05, 4.69) is 20.9 Å². The summed E-state index contributed by atoms with van der Waals surface area (Å²) in [6.45, 7) is 0. The monoisotopic (exact) mass is 284 g/mol. The third-order valence-electron chi connectivity index (χ3n) is 2.00. The molecular weight excluding hydrogens is 280 g/mol. The molecule has 0 radical (unpaired) electrons. The molecule has 2 heterocycles. The number of carbonyl (C=O) groups is 2. The van der Waals surface area contributed by atoms with Gasteiger partial charge in [-0.2, -0.15) is 0 Å². The van der Waals surface area contributed by atoms with Gasteiger partial charge in [-0.05, 0) is 12.1 Å². The first-order valence-electron chi connectivity index (χ1n) is 4.15. The van der Waals surface area contributed by atoms with Crippen molar-refractivity contribution in [2.24, 2.45) is 0 Å². The Kier molecular flexibility index (Phi) is 2.39. The highest BCUT2D eigenvalue weighted by Crippen LogP contribution is 2.18. The summed E-state index contributed by atoms with van der Waals surface area (Å²) in [6, 6.07) is 3.11. The molecule has 0 fully saturated rings. The van der Waals surface area contributed by atoms with Gasteiger partial charge >= 0.3 is 11.9 Å². The number of carboxylic acids is 2. The number of hydrogen-bond acceptors (Lipinski definition) is 3. The van der Waals surface area contributed by atoms with Gasteiger partial charge in [0.25, 0.3) is 0 Å². The van der Waals surface area contributed by atoms with Crippen molar-refractivity contribution >= 4 is 33.4 Å². The molecule has 0 spiro atoms. The van der Waals surface area contributed by atoms with E-state index in [-0.39, 0.29) is 17.0 Å². The van der Waals surface area contributed by atoms with Gasteiger partial charge in [0.2, 0.25) is 5.82 Å². The zero-order valence-electron chi connectivity index (χ0n) is 7.72. The van der Waals surface area contributed by atoms with Crippen LogP contribution in [-0.4, -0.2) is 31.5 Å². The molecule has 6 nitrogen and oxygen atoms in total. The fourth-order valence-electron chi connectivity index (χ4n) is 1.37. The maximum atomic E-state index is 10.9. The van der Waals surface area contributed by atoms with E-state index in [1.807, 2.05) is 0 Å². The number of hydrogen-bond donors (Lipinski definition) is 2. The van der Waals surface area contributed by atoms with Crippen molar-refractivity contribution in [1.82, 2.24) is 9.38 Å². The second-order valence-electron chi connectivity index (χ2n) is 2.99. The third-order valence-corrected chi connectivity index (χ3v) is 2.49. The quantitative estimate of drug-likeness (QED) is 0.872. The Morgan fingerprint density at radius 2 is 2.00 bits per heavy atom. The number of rotatable bonds is 2. The lowest BCUT2D eigenvalue weighted by Gasteiger charge is -1.96. The van der Waals surface area contributed by atoms with Crippen molar-refractivity contribution in [3.8, 4) is 0 Å². The number of nitrogens with zero attached hydrogens (tertiary/aromatic N) is 2. The number of halogens is 1. The van der Waals surface area contributed by atoms with Crippen LogP contribution >= 0.6 is 15.9 Å². The lowest BCUT2D eigenvalue weighted by atomic mass is 10.3. The molecule has 0 saturated heterocycles. The number of aromatic carboxylic acids is 2. The van der Waals surface area contributed by atoms with E-state index in [0.717, 1.165) is 0 Å². The molecule has 2 aromatic rings. The van der Waals surface area contributed by atoms with E-state index >= 15 is 0 Å². The number of aromatic nitrogens is 2. The molecule has 0 aliphatic heterocycles. The second-order valence-corrected chi connectivity index (χ2v) is 3.91. The summed E-state index contributed by atoms with van der Waals surface area (Å²) in [5, 5.41) is 17.7. The molecule has 2 rings (SSSR count). The molecule has 0 aliphatic carbocycles. The smallest absolute Gasteiger partial charge is 0.372 e. The van der Waals surface area contributed by atoms with Crippen molar-refractivity contribution in [1.29, 1.82) is 0 Å². The predicted molar refractivity (Wildman–Crippen MR) is 56.8 cm³/mol. The molecule has 0 atom stereocenters. The number of carboxylic acid groups (broad SMARTS) is 2. The second kappa shape index (κ2) is 3.60. The molecule has 7 heteroatoms. The van der Waals surface area contributed by atoms with E-state index in [0.29, 0.717) is 4.47 Å². The summed E-state index contributed by atoms with van der Waals surface area (Å²) in [4.78, 5) is 25.3. The van der Waals surface area contributed by atoms with Gasteiger partial charge in [-0.25, -0.2) is 14.6 Å². The van der Waals surface area contributed by atoms with Gasteiger partial charge in [-0.15, -0.1) is 0 Å². The topological polar surface area (TPSA) is 91.9 Å². The van der Waals surface area contributed by atoms with Gasteiger partial charge in [-0.1, -0.05) is 15.9 Å². The summed E-state index contributed by atoms with van der Waals surface area (Å²) < 4.78 is 1.87. The molecule has 16 heavy (non-hydrogen) atoms. The predicted octanol–water partition coefficient (Wildman–Crippen LogP) is 1.49. The Morgan fingerprint density at radius 3 is 2.56 bits per heavy atom. The van der Waals surface area contributed by atoms with E-state index < -0.39 is 11.9 Å². The Bertz CT molecular complexity index is 605. The average molecular weight is 285 g/mol. The summed E-state index contributed by atoms with van der Waals surface area (Å²) in [5.74, 6) is -2.85. The van der Waals surface area contributed by atoms with Crippen molar-refractivity contribution in [3.63, 3.8) is 0 Å². The van der Waals surface area contributed by atoms with Crippen LogP contribution in [0.15, 0.2) is 22.8 Å². The maximum absolute atomic E-state index is 10.9. The van der Waals surface area contributed by atoms with Gasteiger partial charge in [0, 0.05) is 10.7 Å². The van der Waals surface area contributed by atoms with Crippen molar-refractivity contribution in [2.75, 3.05) is 0 Å². The molecule has 2 aromatic heterocycles. The summed E-state index contributed by atoms with van der Waals surface area (Å²) in [7, 11) is 0. The summed E-state index contributed by atoms with van der Waals surface area (Å²) in [5.41, 5.74) is -0.0435. The largest absolute Gasteiger partial charge is 0.476 e. The molecule has 0 aromatic carbocycles. The fourth-order valence-corrected chi connectivity index (χ4v) is 1.70. The van der Waals surface area contributed by atoms with Crippen LogP contribution < -0.4 is 0 Å². The highest BCUT2D eigenvalue weighted by Gasteiger charge is 2.20. The lowest BCUT2D eigenvalue weighted by molar-refractivity contribution is 0.0682. The normalized spacial score (nSPS) is 10.6. The van der Waals surface area contributed by atoms with Gasteiger partial charge < -0.3 is 10.2 Å². The van der Waals surface area contributed by atoms with E-state index in [1.165, 1.54) is 16.7 Å². The van der Waals surface area contributed by atoms with Crippen LogP contribution in [0.3, 0.4) is 0 Å². The van der Waals surface area contributed by atoms with Crippen molar-refractivity contribution in [2.45, 2.75) is 0 Å². The average Bonchev–Trinajstić information content (AvgIpc) is 2.56. The van der Waals surface area contributed by atoms with Crippen LogP contribution in [0, 0.1) is 0 Å². The zero-order valence-corrected chi connectivity index (χ0v) is 9.30. The number of fused-ring (bicyclic) bond motifs is 1. The maximum Gasteiger partial charge on any atom is 0.372 e. The molecular formula is C9H5BrN2O4. The molecule has 0 saturated carbocycles. The van der Waals surface area contributed by atoms with E-state index in [1.54, 1.807) is 6.07 Å². The highest BCUT2D eigenvalue weighted by atomic mass is 79.9. The molecule has 0 unspecified atom stereocenters. The minimum Gasteiger partial charge on any atom is -0.476 e. The Morgan fingerprint density at radius 1 is 1.31 bits per heavy atom. The molecule has 2 N–H and O–H groups in total. The summed E-state index contributed by atoms with van der Waals surface area (Å²) in [6.07, 6.45) is 1.45. The fraction of sp³-hybridized carbons (Fsp3) is 0. The first-order valence-corrected chi connectivity index (χ1v) is 4.94. The Labute approximate surface area is 97.3 Å². The van der Waals surface area contributed by atoms with Gasteiger partial charge in [0.05, 0.1) is 5.52 Å². The molecule has 0 bridgehead atoms. The Hall–Kier alpha value is -1.89. The van der Waals surface area contributed by atoms with Gasteiger partial charge in [-0.3, -0.25) is 4.40 Å². The van der Waals surface area contributed by atoms with E-state index in [9.17, 15) is 9.59 Å². The van der Waals surface area contributed by atoms with Crippen LogP contribution in [0.1, 0.15) is 21.1 Å². The third kappa shape index (κ3) is 1.54. The van der Waals surface area contributed by atoms with Crippen LogP contribution in [0.4, 0.5) is 0 Å². The van der Waals surface area contributed by atoms with Crippen LogP contribution in [0.25, 0.3) is 5.52 Å². The lowest BCUT2D eigenvalue weighted by Crippen LogP contribution is -2.03. The van der Waals surface area contributed by atoms with Crippen molar-refractivity contribution < 1.29 is 19.8 Å². The van der Waals surface area contributed by atoms with Crippen molar-refractivity contribution in [3.05, 3.63) is 34.3 Å². The SMILES string of the molecule is O=C(O)c1nc(C(=O)O)n2ccc(Br)cc12. The standard InChI is InChI=1S/C9H5BrN2O4/c10-4-1-2-12-5(3-4)6(8(13)14)11-7(12)9(15)16/h1-3H,(H,13,14)(H,15,16). The van der Waals surface area contributed by atoms with Gasteiger partial charge in [0.15, 0.2) is 5.69 Å². The van der Waals surface area contributed by atoms with Crippen LogP contribution in [-0.2, 0) is 0 Å². The zero-order chi connectivity index (χ0) is 11.9. The first-order chi connectivity index (χ1) is 7.50. The highest BCUT2D eigenvalue weighted by molar-refractivity contribution is 9.10. The first kappa shape index (κ1) is 10.6. The molecule has 0 amide bonds. The van der Waals surface area contributed by atoms with Crippen LogP contribution in [0.2, 0.25) is 0 Å². The van der Waals surface area contributed by atoms with Crippen LogP contribution in [0.5, 0.6) is 0 Å². The summed E-state index contributed by atoms with van der Waals surface area (Å²) >= 11 is 3.18. The van der Waals surface area contributed by atoms with Gasteiger partial charge in [0.1, 0.15) is 0 Å². The minimum absolute atomic E-state index is 0.235. The Balaban J connectivity index is 2.87. The molecule has 82 valence electrons. The molecule has 0 aliphatic rings. The minimum atomic E-state index is -1.27. The van der Waals surface area contributed by atoms with E-state index in [4.69, 9.17) is 10.2 Å². The number of pyridine rings is 1.